The second kappa shape index (κ2) is 11.0. The van der Waals surface area contributed by atoms with E-state index < -0.39 is 6.17 Å². The highest BCUT2D eigenvalue weighted by atomic mass is 19.1. The molecule has 0 heterocycles. The molecule has 130 valence electrons. The van der Waals surface area contributed by atoms with Crippen molar-refractivity contribution in [2.24, 2.45) is 0 Å². The van der Waals surface area contributed by atoms with E-state index >= 15 is 0 Å². The Hall–Kier alpha value is -1.67. The largest absolute Gasteiger partial charge is 0.292 e. The zero-order valence-corrected chi connectivity index (χ0v) is 14.8. The first-order chi connectivity index (χ1) is 11.8. The van der Waals surface area contributed by atoms with Crippen LogP contribution in [0.3, 0.4) is 0 Å². The lowest BCUT2D eigenvalue weighted by Gasteiger charge is -2.24. The standard InChI is InChI=1S/C22H30FN/c1-2-3-4-11-16-22(23)19-24(17-20-12-7-5-8-13-20)18-21-14-9-6-10-15-21/h5-10,12-15,22H,2-4,11,16-19H2,1H3. The quantitative estimate of drug-likeness (QED) is 0.458. The van der Waals surface area contributed by atoms with Crippen LogP contribution >= 0.6 is 0 Å². The molecule has 0 bridgehead atoms. The van der Waals surface area contributed by atoms with Gasteiger partial charge in [0.15, 0.2) is 0 Å². The molecule has 0 aliphatic heterocycles. The third-order valence-electron chi connectivity index (χ3n) is 4.33. The van der Waals surface area contributed by atoms with Crippen molar-refractivity contribution in [3.8, 4) is 0 Å². The third kappa shape index (κ3) is 7.27. The number of nitrogens with zero attached hydrogens (tertiary/aromatic N) is 1. The Labute approximate surface area is 146 Å². The highest BCUT2D eigenvalue weighted by molar-refractivity contribution is 5.17. The van der Waals surface area contributed by atoms with E-state index in [0.29, 0.717) is 13.0 Å². The Morgan fingerprint density at radius 3 is 1.83 bits per heavy atom. The zero-order valence-electron chi connectivity index (χ0n) is 14.8. The maximum absolute atomic E-state index is 14.4. The minimum absolute atomic E-state index is 0.510. The summed E-state index contributed by atoms with van der Waals surface area (Å²) in [6.07, 6.45) is 4.50. The van der Waals surface area contributed by atoms with Crippen molar-refractivity contribution in [3.05, 3.63) is 71.8 Å². The molecule has 0 aromatic heterocycles. The van der Waals surface area contributed by atoms with Crippen LogP contribution in [0.5, 0.6) is 0 Å². The normalized spacial score (nSPS) is 12.5. The number of hydrogen-bond donors (Lipinski definition) is 0. The fraction of sp³-hybridized carbons (Fsp3) is 0.455. The molecule has 0 N–H and O–H groups in total. The van der Waals surface area contributed by atoms with Crippen LogP contribution in [0, 0.1) is 0 Å². The highest BCUT2D eigenvalue weighted by Gasteiger charge is 2.14. The van der Waals surface area contributed by atoms with E-state index in [1.807, 2.05) is 36.4 Å². The van der Waals surface area contributed by atoms with E-state index in [9.17, 15) is 4.39 Å². The predicted molar refractivity (Wildman–Crippen MR) is 101 cm³/mol. The molecule has 0 fully saturated rings. The van der Waals surface area contributed by atoms with Crippen LogP contribution in [0.1, 0.15) is 50.2 Å². The van der Waals surface area contributed by atoms with E-state index in [1.165, 1.54) is 24.0 Å². The summed E-state index contributed by atoms with van der Waals surface area (Å²) in [7, 11) is 0. The van der Waals surface area contributed by atoms with Gasteiger partial charge < -0.3 is 0 Å². The molecule has 1 atom stereocenters. The molecule has 0 saturated heterocycles. The van der Waals surface area contributed by atoms with Gasteiger partial charge in [-0.05, 0) is 17.5 Å². The van der Waals surface area contributed by atoms with Gasteiger partial charge in [0.1, 0.15) is 6.17 Å². The SMILES string of the molecule is CCCCCCC(F)CN(Cc1ccccc1)Cc1ccccc1. The van der Waals surface area contributed by atoms with Crippen molar-refractivity contribution in [3.63, 3.8) is 0 Å². The summed E-state index contributed by atoms with van der Waals surface area (Å²) in [6.45, 7) is 4.29. The number of unbranched alkanes of at least 4 members (excludes halogenated alkanes) is 3. The van der Waals surface area contributed by atoms with Crippen LogP contribution in [0.4, 0.5) is 4.39 Å². The second-order valence-corrected chi connectivity index (χ2v) is 6.59. The molecule has 2 rings (SSSR count). The average molecular weight is 327 g/mol. The van der Waals surface area contributed by atoms with E-state index in [2.05, 4.69) is 36.1 Å². The Kier molecular flexibility index (Phi) is 8.54. The lowest BCUT2D eigenvalue weighted by Crippen LogP contribution is -2.29. The lowest BCUT2D eigenvalue weighted by atomic mass is 10.1. The van der Waals surface area contributed by atoms with Gasteiger partial charge in [-0.3, -0.25) is 4.90 Å². The van der Waals surface area contributed by atoms with Gasteiger partial charge in [0.25, 0.3) is 0 Å². The van der Waals surface area contributed by atoms with Crippen LogP contribution < -0.4 is 0 Å². The van der Waals surface area contributed by atoms with Gasteiger partial charge in [-0.15, -0.1) is 0 Å². The number of hydrogen-bond acceptors (Lipinski definition) is 1. The Morgan fingerprint density at radius 1 is 0.792 bits per heavy atom. The first-order valence-corrected chi connectivity index (χ1v) is 9.22. The van der Waals surface area contributed by atoms with Gasteiger partial charge in [0, 0.05) is 19.6 Å². The van der Waals surface area contributed by atoms with Crippen molar-refractivity contribution >= 4 is 0 Å². The number of rotatable bonds is 11. The Morgan fingerprint density at radius 2 is 1.33 bits per heavy atom. The van der Waals surface area contributed by atoms with Crippen LogP contribution in [-0.2, 0) is 13.1 Å². The smallest absolute Gasteiger partial charge is 0.113 e. The average Bonchev–Trinajstić information content (AvgIpc) is 2.60. The van der Waals surface area contributed by atoms with Crippen molar-refractivity contribution in [2.75, 3.05) is 6.54 Å². The number of halogens is 1. The van der Waals surface area contributed by atoms with Crippen molar-refractivity contribution < 1.29 is 4.39 Å². The van der Waals surface area contributed by atoms with Gasteiger partial charge >= 0.3 is 0 Å². The molecule has 0 radical (unpaired) electrons. The van der Waals surface area contributed by atoms with E-state index in [4.69, 9.17) is 0 Å². The molecule has 1 nitrogen and oxygen atoms in total. The molecule has 0 amide bonds. The molecule has 2 heteroatoms. The molecule has 0 spiro atoms. The molecule has 0 aliphatic rings. The molecular formula is C22H30FN. The summed E-state index contributed by atoms with van der Waals surface area (Å²) in [5.41, 5.74) is 2.48. The van der Waals surface area contributed by atoms with Crippen molar-refractivity contribution in [2.45, 2.75) is 58.3 Å². The molecule has 0 saturated carbocycles. The summed E-state index contributed by atoms with van der Waals surface area (Å²) in [6, 6.07) is 20.7. The molecule has 1 unspecified atom stereocenters. The summed E-state index contributed by atoms with van der Waals surface area (Å²) >= 11 is 0. The predicted octanol–water partition coefficient (Wildman–Crippen LogP) is 6.00. The topological polar surface area (TPSA) is 3.24 Å². The van der Waals surface area contributed by atoms with Crippen molar-refractivity contribution in [1.29, 1.82) is 0 Å². The summed E-state index contributed by atoms with van der Waals surface area (Å²) < 4.78 is 14.4. The van der Waals surface area contributed by atoms with Crippen LogP contribution in [0.15, 0.2) is 60.7 Å². The first kappa shape index (κ1) is 18.7. The van der Waals surface area contributed by atoms with Gasteiger partial charge in [-0.1, -0.05) is 93.3 Å². The zero-order chi connectivity index (χ0) is 17.0. The minimum Gasteiger partial charge on any atom is -0.292 e. The van der Waals surface area contributed by atoms with Gasteiger partial charge in [0.2, 0.25) is 0 Å². The molecule has 0 aliphatic carbocycles. The fourth-order valence-corrected chi connectivity index (χ4v) is 3.03. The monoisotopic (exact) mass is 327 g/mol. The maximum Gasteiger partial charge on any atom is 0.113 e. The maximum atomic E-state index is 14.4. The van der Waals surface area contributed by atoms with E-state index in [0.717, 1.165) is 25.9 Å². The van der Waals surface area contributed by atoms with Crippen molar-refractivity contribution in [1.82, 2.24) is 4.90 Å². The first-order valence-electron chi connectivity index (χ1n) is 9.22. The van der Waals surface area contributed by atoms with E-state index in [-0.39, 0.29) is 0 Å². The highest BCUT2D eigenvalue weighted by Crippen LogP contribution is 2.15. The molecular weight excluding hydrogens is 297 g/mol. The molecule has 24 heavy (non-hydrogen) atoms. The van der Waals surface area contributed by atoms with Gasteiger partial charge in [0.05, 0.1) is 0 Å². The second-order valence-electron chi connectivity index (χ2n) is 6.59. The van der Waals surface area contributed by atoms with Crippen LogP contribution in [-0.4, -0.2) is 17.6 Å². The van der Waals surface area contributed by atoms with Crippen LogP contribution in [0.2, 0.25) is 0 Å². The fourth-order valence-electron chi connectivity index (χ4n) is 3.03. The summed E-state index contributed by atoms with van der Waals surface area (Å²) in [4.78, 5) is 2.23. The minimum atomic E-state index is -0.741. The Bertz CT molecular complexity index is 499. The molecule has 2 aromatic carbocycles. The lowest BCUT2D eigenvalue weighted by molar-refractivity contribution is 0.168. The third-order valence-corrected chi connectivity index (χ3v) is 4.33. The number of benzene rings is 2. The van der Waals surface area contributed by atoms with Crippen LogP contribution in [0.25, 0.3) is 0 Å². The van der Waals surface area contributed by atoms with E-state index in [1.54, 1.807) is 0 Å². The van der Waals surface area contributed by atoms with Gasteiger partial charge in [-0.25, -0.2) is 4.39 Å². The summed E-state index contributed by atoms with van der Waals surface area (Å²) in [5.74, 6) is 0. The Balaban J connectivity index is 1.91. The number of alkyl halides is 1. The summed E-state index contributed by atoms with van der Waals surface area (Å²) in [5, 5.41) is 0. The van der Waals surface area contributed by atoms with Gasteiger partial charge in [-0.2, -0.15) is 0 Å². The molecule has 2 aromatic rings.